The zero-order chi connectivity index (χ0) is 14.8. The third-order valence-corrected chi connectivity index (χ3v) is 5.22. The second kappa shape index (κ2) is 5.90. The molecule has 0 bridgehead atoms. The van der Waals surface area contributed by atoms with E-state index in [2.05, 4.69) is 9.71 Å². The zero-order valence-corrected chi connectivity index (χ0v) is 13.0. The van der Waals surface area contributed by atoms with E-state index in [1.807, 2.05) is 26.0 Å². The number of benzene rings is 1. The van der Waals surface area contributed by atoms with Crippen LogP contribution in [0, 0.1) is 13.8 Å². The van der Waals surface area contributed by atoms with E-state index >= 15 is 0 Å². The summed E-state index contributed by atoms with van der Waals surface area (Å²) in [6, 6.07) is 7.23. The van der Waals surface area contributed by atoms with Gasteiger partial charge in [-0.3, -0.25) is 4.72 Å². The van der Waals surface area contributed by atoms with E-state index in [0.29, 0.717) is 11.7 Å². The molecule has 5 nitrogen and oxygen atoms in total. The van der Waals surface area contributed by atoms with Crippen molar-refractivity contribution in [1.29, 1.82) is 0 Å². The predicted octanol–water partition coefficient (Wildman–Crippen LogP) is 2.16. The molecule has 0 aliphatic rings. The Hall–Kier alpha value is -1.44. The molecule has 0 spiro atoms. The largest absolute Gasteiger partial charge is 0.326 e. The lowest BCUT2D eigenvalue weighted by Gasteiger charge is -2.06. The Balaban J connectivity index is 2.10. The quantitative estimate of drug-likeness (QED) is 0.886. The Morgan fingerprint density at radius 3 is 2.30 bits per heavy atom. The van der Waals surface area contributed by atoms with E-state index < -0.39 is 10.0 Å². The van der Waals surface area contributed by atoms with E-state index in [0.717, 1.165) is 21.7 Å². The molecular weight excluding hydrogens is 294 g/mol. The van der Waals surface area contributed by atoms with E-state index in [4.69, 9.17) is 5.73 Å². The van der Waals surface area contributed by atoms with Gasteiger partial charge >= 0.3 is 0 Å². The molecule has 1 heterocycles. The van der Waals surface area contributed by atoms with Gasteiger partial charge in [-0.25, -0.2) is 13.4 Å². The molecule has 1 aromatic heterocycles. The summed E-state index contributed by atoms with van der Waals surface area (Å²) in [4.78, 5) is 5.19. The summed E-state index contributed by atoms with van der Waals surface area (Å²) in [5, 5.41) is 0.415. The summed E-state index contributed by atoms with van der Waals surface area (Å²) in [6.45, 7) is 4.22. The molecule has 0 saturated heterocycles. The zero-order valence-electron chi connectivity index (χ0n) is 11.4. The van der Waals surface area contributed by atoms with Crippen LogP contribution in [0.15, 0.2) is 24.3 Å². The number of hydrogen-bond donors (Lipinski definition) is 2. The molecule has 108 valence electrons. The monoisotopic (exact) mass is 311 g/mol. The lowest BCUT2D eigenvalue weighted by Crippen LogP contribution is -2.15. The van der Waals surface area contributed by atoms with Crippen LogP contribution in [0.25, 0.3) is 0 Å². The summed E-state index contributed by atoms with van der Waals surface area (Å²) in [6.07, 6.45) is 0. The standard InChI is InChI=1S/C13H17N3O2S2/c1-9-10(2)19-13(15-9)16-20(17,18)8-12-5-3-11(7-14)4-6-12/h3-6H,7-8,14H2,1-2H3,(H,15,16). The summed E-state index contributed by atoms with van der Waals surface area (Å²) in [5.41, 5.74) is 8.05. The Bertz CT molecular complexity index is 671. The number of nitrogens with one attached hydrogen (secondary N) is 1. The highest BCUT2D eigenvalue weighted by Crippen LogP contribution is 2.22. The van der Waals surface area contributed by atoms with E-state index in [1.165, 1.54) is 11.3 Å². The fourth-order valence-corrected chi connectivity index (χ4v) is 3.91. The Kier molecular flexibility index (Phi) is 4.42. The van der Waals surface area contributed by atoms with Crippen molar-refractivity contribution in [2.75, 3.05) is 4.72 Å². The van der Waals surface area contributed by atoms with Crippen molar-refractivity contribution in [2.45, 2.75) is 26.1 Å². The van der Waals surface area contributed by atoms with Gasteiger partial charge in [0.2, 0.25) is 10.0 Å². The van der Waals surface area contributed by atoms with Gasteiger partial charge in [0.25, 0.3) is 0 Å². The summed E-state index contributed by atoms with van der Waals surface area (Å²) in [7, 11) is -3.44. The van der Waals surface area contributed by atoms with Gasteiger partial charge in [-0.15, -0.1) is 11.3 Å². The van der Waals surface area contributed by atoms with E-state index in [9.17, 15) is 8.42 Å². The molecule has 1 aromatic carbocycles. The maximum Gasteiger partial charge on any atom is 0.238 e. The van der Waals surface area contributed by atoms with Gasteiger partial charge in [0.1, 0.15) is 0 Å². The smallest absolute Gasteiger partial charge is 0.238 e. The predicted molar refractivity (Wildman–Crippen MR) is 82.2 cm³/mol. The average molecular weight is 311 g/mol. The van der Waals surface area contributed by atoms with Gasteiger partial charge < -0.3 is 5.73 Å². The van der Waals surface area contributed by atoms with Crippen molar-refractivity contribution >= 4 is 26.5 Å². The number of sulfonamides is 1. The Morgan fingerprint density at radius 1 is 1.20 bits per heavy atom. The lowest BCUT2D eigenvalue weighted by atomic mass is 10.1. The highest BCUT2D eigenvalue weighted by atomic mass is 32.2. The van der Waals surface area contributed by atoms with Crippen molar-refractivity contribution in [3.8, 4) is 0 Å². The molecule has 0 atom stereocenters. The van der Waals surface area contributed by atoms with Crippen molar-refractivity contribution in [2.24, 2.45) is 5.73 Å². The molecule has 0 fully saturated rings. The number of anilines is 1. The molecule has 0 amide bonds. The molecule has 2 aromatic rings. The van der Waals surface area contributed by atoms with Crippen LogP contribution in [0.5, 0.6) is 0 Å². The van der Waals surface area contributed by atoms with Crippen LogP contribution >= 0.6 is 11.3 Å². The third-order valence-electron chi connectivity index (χ3n) is 2.89. The van der Waals surface area contributed by atoms with E-state index in [1.54, 1.807) is 12.1 Å². The van der Waals surface area contributed by atoms with Crippen molar-refractivity contribution in [3.05, 3.63) is 46.0 Å². The fourth-order valence-electron chi connectivity index (χ4n) is 1.68. The molecule has 0 aliphatic heterocycles. The molecular formula is C13H17N3O2S2. The Morgan fingerprint density at radius 2 is 1.80 bits per heavy atom. The number of aromatic nitrogens is 1. The minimum atomic E-state index is -3.44. The van der Waals surface area contributed by atoms with Crippen LogP contribution in [0.2, 0.25) is 0 Å². The number of hydrogen-bond acceptors (Lipinski definition) is 5. The van der Waals surface area contributed by atoms with Crippen LogP contribution in [0.1, 0.15) is 21.7 Å². The van der Waals surface area contributed by atoms with Gasteiger partial charge in [0, 0.05) is 11.4 Å². The minimum Gasteiger partial charge on any atom is -0.326 e. The molecule has 2 rings (SSSR count). The second-order valence-electron chi connectivity index (χ2n) is 4.54. The number of aryl methyl sites for hydroxylation is 2. The van der Waals surface area contributed by atoms with Crippen LogP contribution in [-0.4, -0.2) is 13.4 Å². The number of thiazole rings is 1. The van der Waals surface area contributed by atoms with Gasteiger partial charge in [0.15, 0.2) is 5.13 Å². The minimum absolute atomic E-state index is 0.0739. The van der Waals surface area contributed by atoms with Gasteiger partial charge in [0.05, 0.1) is 11.4 Å². The molecule has 0 radical (unpaired) electrons. The number of nitrogens with zero attached hydrogens (tertiary/aromatic N) is 1. The van der Waals surface area contributed by atoms with Gasteiger partial charge in [-0.2, -0.15) is 0 Å². The number of nitrogens with two attached hydrogens (primary N) is 1. The fraction of sp³-hybridized carbons (Fsp3) is 0.308. The van der Waals surface area contributed by atoms with Crippen molar-refractivity contribution in [1.82, 2.24) is 4.98 Å². The lowest BCUT2D eigenvalue weighted by molar-refractivity contribution is 0.600. The first-order valence-corrected chi connectivity index (χ1v) is 8.59. The molecule has 0 aliphatic carbocycles. The first-order chi connectivity index (χ1) is 9.39. The molecule has 0 saturated carbocycles. The SMILES string of the molecule is Cc1nc(NS(=O)(=O)Cc2ccc(CN)cc2)sc1C. The second-order valence-corrected chi connectivity index (χ2v) is 7.47. The van der Waals surface area contributed by atoms with Gasteiger partial charge in [-0.05, 0) is 25.0 Å². The summed E-state index contributed by atoms with van der Waals surface area (Å²) in [5.74, 6) is -0.0739. The molecule has 7 heteroatoms. The van der Waals surface area contributed by atoms with Crippen LogP contribution < -0.4 is 10.5 Å². The maximum absolute atomic E-state index is 12.1. The molecule has 3 N–H and O–H groups in total. The van der Waals surface area contributed by atoms with Crippen LogP contribution in [0.4, 0.5) is 5.13 Å². The summed E-state index contributed by atoms with van der Waals surface area (Å²) < 4.78 is 26.7. The molecule has 0 unspecified atom stereocenters. The van der Waals surface area contributed by atoms with E-state index in [-0.39, 0.29) is 5.75 Å². The first-order valence-electron chi connectivity index (χ1n) is 6.12. The van der Waals surface area contributed by atoms with Crippen LogP contribution in [0.3, 0.4) is 0 Å². The van der Waals surface area contributed by atoms with Crippen LogP contribution in [-0.2, 0) is 22.3 Å². The van der Waals surface area contributed by atoms with Crippen molar-refractivity contribution < 1.29 is 8.42 Å². The Labute approximate surface area is 122 Å². The average Bonchev–Trinajstić information content (AvgIpc) is 2.67. The first kappa shape index (κ1) is 15.0. The third kappa shape index (κ3) is 3.78. The highest BCUT2D eigenvalue weighted by molar-refractivity contribution is 7.92. The topological polar surface area (TPSA) is 85.1 Å². The maximum atomic E-state index is 12.1. The van der Waals surface area contributed by atoms with Gasteiger partial charge in [-0.1, -0.05) is 24.3 Å². The van der Waals surface area contributed by atoms with Crippen molar-refractivity contribution in [3.63, 3.8) is 0 Å². The normalized spacial score (nSPS) is 11.6. The molecule has 20 heavy (non-hydrogen) atoms. The summed E-state index contributed by atoms with van der Waals surface area (Å²) >= 11 is 1.34. The highest BCUT2D eigenvalue weighted by Gasteiger charge is 2.14. The number of rotatable bonds is 5.